The van der Waals surface area contributed by atoms with Gasteiger partial charge in [0.2, 0.25) is 5.91 Å². The second kappa shape index (κ2) is 7.27. The van der Waals surface area contributed by atoms with E-state index in [1.54, 1.807) is 6.92 Å². The Morgan fingerprint density at radius 1 is 1.12 bits per heavy atom. The molecule has 1 N–H and O–H groups in total. The van der Waals surface area contributed by atoms with Crippen molar-refractivity contribution in [2.45, 2.75) is 25.8 Å². The third-order valence-electron chi connectivity index (χ3n) is 5.85. The number of anilines is 1. The van der Waals surface area contributed by atoms with Crippen molar-refractivity contribution < 1.29 is 14.3 Å². The van der Waals surface area contributed by atoms with Gasteiger partial charge in [0.1, 0.15) is 0 Å². The van der Waals surface area contributed by atoms with Gasteiger partial charge in [-0.05, 0) is 30.9 Å². The number of hydrogen-bond acceptors (Lipinski definition) is 4. The maximum absolute atomic E-state index is 13.1. The molecule has 1 aliphatic carbocycles. The zero-order valence-electron chi connectivity index (χ0n) is 15.3. The van der Waals surface area contributed by atoms with Gasteiger partial charge in [0.05, 0.1) is 24.8 Å². The minimum Gasteiger partial charge on any atom is -0.378 e. The number of morpholine rings is 1. The minimum atomic E-state index is -0.0341. The van der Waals surface area contributed by atoms with Crippen molar-refractivity contribution in [3.63, 3.8) is 0 Å². The highest BCUT2D eigenvalue weighted by Gasteiger charge is 2.43. The second-order valence-corrected chi connectivity index (χ2v) is 7.62. The van der Waals surface area contributed by atoms with Gasteiger partial charge in [0.15, 0.2) is 0 Å². The minimum absolute atomic E-state index is 0.0341. The maximum atomic E-state index is 13.1. The molecule has 2 amide bonds. The molecule has 0 spiro atoms. The molecule has 6 nitrogen and oxygen atoms in total. The number of amides is 2. The molecule has 1 saturated carbocycles. The second-order valence-electron chi connectivity index (χ2n) is 7.62. The summed E-state index contributed by atoms with van der Waals surface area (Å²) in [6, 6.07) is 7.84. The Bertz CT molecular complexity index is 683. The number of carbonyl (C=O) groups is 2. The highest BCUT2D eigenvalue weighted by atomic mass is 16.5. The molecular weight excluding hydrogens is 330 g/mol. The zero-order valence-corrected chi connectivity index (χ0v) is 15.3. The molecule has 2 atom stereocenters. The van der Waals surface area contributed by atoms with Gasteiger partial charge in [-0.3, -0.25) is 9.59 Å². The first-order valence-corrected chi connectivity index (χ1v) is 9.61. The van der Waals surface area contributed by atoms with Crippen molar-refractivity contribution in [2.75, 3.05) is 44.3 Å². The van der Waals surface area contributed by atoms with E-state index in [1.807, 2.05) is 29.2 Å². The van der Waals surface area contributed by atoms with E-state index in [0.29, 0.717) is 37.2 Å². The summed E-state index contributed by atoms with van der Waals surface area (Å²) in [7, 11) is 0. The number of likely N-dealkylation sites (tertiary alicyclic amines) is 1. The number of rotatable bonds is 4. The van der Waals surface area contributed by atoms with E-state index in [4.69, 9.17) is 4.74 Å². The standard InChI is InChI=1S/C20H27N3O3/c1-14(24)23-12-17(15-6-7-15)18(13-23)21-20(25)16-4-2-3-5-19(16)22-8-10-26-11-9-22/h2-5,15,17-18H,6-13H2,1H3,(H,21,25)/t17-,18+/m1/s1. The van der Waals surface area contributed by atoms with Crippen molar-refractivity contribution in [2.24, 2.45) is 11.8 Å². The van der Waals surface area contributed by atoms with Gasteiger partial charge in [0, 0.05) is 44.7 Å². The lowest BCUT2D eigenvalue weighted by Crippen LogP contribution is -2.43. The fourth-order valence-electron chi connectivity index (χ4n) is 4.23. The molecule has 1 aromatic rings. The van der Waals surface area contributed by atoms with Crippen LogP contribution < -0.4 is 10.2 Å². The van der Waals surface area contributed by atoms with Crippen LogP contribution in [0.2, 0.25) is 0 Å². The molecule has 140 valence electrons. The number of nitrogens with zero attached hydrogens (tertiary/aromatic N) is 2. The van der Waals surface area contributed by atoms with E-state index in [0.717, 1.165) is 25.3 Å². The van der Waals surface area contributed by atoms with Crippen LogP contribution >= 0.6 is 0 Å². The van der Waals surface area contributed by atoms with Crippen LogP contribution in [0.25, 0.3) is 0 Å². The smallest absolute Gasteiger partial charge is 0.253 e. The van der Waals surface area contributed by atoms with E-state index in [2.05, 4.69) is 10.2 Å². The summed E-state index contributed by atoms with van der Waals surface area (Å²) in [6.07, 6.45) is 2.43. The normalized spacial score (nSPS) is 26.0. The highest BCUT2D eigenvalue weighted by molar-refractivity contribution is 6.00. The van der Waals surface area contributed by atoms with Crippen LogP contribution in [0.15, 0.2) is 24.3 Å². The Labute approximate surface area is 154 Å². The first kappa shape index (κ1) is 17.3. The number of para-hydroxylation sites is 1. The van der Waals surface area contributed by atoms with Crippen molar-refractivity contribution in [1.82, 2.24) is 10.2 Å². The van der Waals surface area contributed by atoms with E-state index < -0.39 is 0 Å². The Kier molecular flexibility index (Phi) is 4.85. The SMILES string of the molecule is CC(=O)N1C[C@H](NC(=O)c2ccccc2N2CCOCC2)[C@@H](C2CC2)C1. The van der Waals surface area contributed by atoms with Crippen molar-refractivity contribution in [1.29, 1.82) is 0 Å². The highest BCUT2D eigenvalue weighted by Crippen LogP contribution is 2.41. The molecule has 2 aliphatic heterocycles. The Hall–Kier alpha value is -2.08. The van der Waals surface area contributed by atoms with Gasteiger partial charge < -0.3 is 19.9 Å². The molecule has 2 heterocycles. The summed E-state index contributed by atoms with van der Waals surface area (Å²) in [5, 5.41) is 3.24. The van der Waals surface area contributed by atoms with Gasteiger partial charge in [0.25, 0.3) is 5.91 Å². The Morgan fingerprint density at radius 2 is 1.85 bits per heavy atom. The largest absolute Gasteiger partial charge is 0.378 e. The monoisotopic (exact) mass is 357 g/mol. The Morgan fingerprint density at radius 3 is 2.54 bits per heavy atom. The lowest BCUT2D eigenvalue weighted by atomic mass is 9.97. The average molecular weight is 357 g/mol. The van der Waals surface area contributed by atoms with Gasteiger partial charge in [-0.1, -0.05) is 12.1 Å². The van der Waals surface area contributed by atoms with Gasteiger partial charge in [-0.25, -0.2) is 0 Å². The predicted molar refractivity (Wildman–Crippen MR) is 99.2 cm³/mol. The molecule has 1 aromatic carbocycles. The van der Waals surface area contributed by atoms with E-state index >= 15 is 0 Å². The first-order valence-electron chi connectivity index (χ1n) is 9.61. The molecule has 4 rings (SSSR count). The van der Waals surface area contributed by atoms with Crippen LogP contribution in [-0.2, 0) is 9.53 Å². The van der Waals surface area contributed by atoms with Crippen LogP contribution in [0, 0.1) is 11.8 Å². The molecule has 3 fully saturated rings. The molecule has 3 aliphatic rings. The fraction of sp³-hybridized carbons (Fsp3) is 0.600. The van der Waals surface area contributed by atoms with Gasteiger partial charge in [-0.15, -0.1) is 0 Å². The molecule has 2 saturated heterocycles. The van der Waals surface area contributed by atoms with Crippen LogP contribution in [0.1, 0.15) is 30.1 Å². The molecule has 0 aromatic heterocycles. The molecular formula is C20H27N3O3. The van der Waals surface area contributed by atoms with Crippen molar-refractivity contribution >= 4 is 17.5 Å². The third-order valence-corrected chi connectivity index (χ3v) is 5.85. The van der Waals surface area contributed by atoms with E-state index in [9.17, 15) is 9.59 Å². The maximum Gasteiger partial charge on any atom is 0.253 e. The summed E-state index contributed by atoms with van der Waals surface area (Å²) in [5.41, 5.74) is 1.68. The van der Waals surface area contributed by atoms with E-state index in [1.165, 1.54) is 12.8 Å². The summed E-state index contributed by atoms with van der Waals surface area (Å²) < 4.78 is 5.43. The topological polar surface area (TPSA) is 61.9 Å². The molecule has 0 unspecified atom stereocenters. The van der Waals surface area contributed by atoms with Gasteiger partial charge in [-0.2, -0.15) is 0 Å². The lowest BCUT2D eigenvalue weighted by molar-refractivity contribution is -0.128. The summed E-state index contributed by atoms with van der Waals surface area (Å²) in [4.78, 5) is 28.9. The molecule has 0 radical (unpaired) electrons. The molecule has 6 heteroatoms. The quantitative estimate of drug-likeness (QED) is 0.887. The van der Waals surface area contributed by atoms with Crippen LogP contribution in [0.4, 0.5) is 5.69 Å². The van der Waals surface area contributed by atoms with Crippen LogP contribution in [0.3, 0.4) is 0 Å². The predicted octanol–water partition coefficient (Wildman–Crippen LogP) is 1.51. The number of nitrogens with one attached hydrogen (secondary N) is 1. The van der Waals surface area contributed by atoms with Crippen LogP contribution in [0.5, 0.6) is 0 Å². The molecule has 26 heavy (non-hydrogen) atoms. The Balaban J connectivity index is 1.50. The van der Waals surface area contributed by atoms with Gasteiger partial charge >= 0.3 is 0 Å². The number of hydrogen-bond donors (Lipinski definition) is 1. The summed E-state index contributed by atoms with van der Waals surface area (Å²) in [5.74, 6) is 1.10. The summed E-state index contributed by atoms with van der Waals surface area (Å²) in [6.45, 7) is 6.00. The first-order chi connectivity index (χ1) is 12.6. The molecule has 0 bridgehead atoms. The summed E-state index contributed by atoms with van der Waals surface area (Å²) >= 11 is 0. The van der Waals surface area contributed by atoms with E-state index in [-0.39, 0.29) is 17.9 Å². The lowest BCUT2D eigenvalue weighted by Gasteiger charge is -2.30. The van der Waals surface area contributed by atoms with Crippen molar-refractivity contribution in [3.8, 4) is 0 Å². The fourth-order valence-corrected chi connectivity index (χ4v) is 4.23. The number of carbonyl (C=O) groups excluding carboxylic acids is 2. The number of ether oxygens (including phenoxy) is 1. The third kappa shape index (κ3) is 3.56. The number of benzene rings is 1. The zero-order chi connectivity index (χ0) is 18.1. The van der Waals surface area contributed by atoms with Crippen molar-refractivity contribution in [3.05, 3.63) is 29.8 Å². The van der Waals surface area contributed by atoms with Crippen LogP contribution in [-0.4, -0.2) is 62.1 Å². The average Bonchev–Trinajstić information content (AvgIpc) is 3.42.